The molecule has 0 amide bonds. The van der Waals surface area contributed by atoms with Crippen molar-refractivity contribution in [3.05, 3.63) is 46.0 Å². The van der Waals surface area contributed by atoms with E-state index in [4.69, 9.17) is 5.73 Å². The standard InChI is InChI=1S/C16H21N7O2/c1-21-7-9-22(10-8-21)15-13(23(24)25)14(17)19-16(20-15)18-11-12-5-3-2-4-6-12/h2-6H,7-11H2,1H3,(H3,17,18,19,20). The van der Waals surface area contributed by atoms with E-state index in [-0.39, 0.29) is 17.3 Å². The number of nitrogen functional groups attached to an aromatic ring is 1. The van der Waals surface area contributed by atoms with Gasteiger partial charge >= 0.3 is 5.69 Å². The minimum Gasteiger partial charge on any atom is -0.378 e. The molecule has 0 spiro atoms. The maximum Gasteiger partial charge on any atom is 0.353 e. The molecule has 0 saturated carbocycles. The molecule has 132 valence electrons. The number of hydrogen-bond acceptors (Lipinski definition) is 8. The molecule has 0 aliphatic carbocycles. The fraction of sp³-hybridized carbons (Fsp3) is 0.375. The monoisotopic (exact) mass is 343 g/mol. The van der Waals surface area contributed by atoms with Crippen LogP contribution in [0.25, 0.3) is 0 Å². The highest BCUT2D eigenvalue weighted by Crippen LogP contribution is 2.32. The first-order valence-electron chi connectivity index (χ1n) is 8.08. The zero-order valence-corrected chi connectivity index (χ0v) is 14.1. The van der Waals surface area contributed by atoms with E-state index in [1.54, 1.807) is 0 Å². The third-order valence-corrected chi connectivity index (χ3v) is 4.17. The number of piperazine rings is 1. The molecule has 1 aliphatic rings. The first kappa shape index (κ1) is 16.9. The van der Waals surface area contributed by atoms with Crippen LogP contribution in [0, 0.1) is 10.1 Å². The summed E-state index contributed by atoms with van der Waals surface area (Å²) in [5.74, 6) is 0.450. The molecular formula is C16H21N7O2. The quantitative estimate of drug-likeness (QED) is 0.617. The number of nitrogens with two attached hydrogens (primary N) is 1. The molecule has 1 saturated heterocycles. The number of anilines is 3. The second-order valence-electron chi connectivity index (χ2n) is 5.99. The van der Waals surface area contributed by atoms with E-state index in [0.29, 0.717) is 25.6 Å². The zero-order chi connectivity index (χ0) is 17.8. The molecule has 1 fully saturated rings. The number of aromatic nitrogens is 2. The first-order valence-corrected chi connectivity index (χ1v) is 8.08. The van der Waals surface area contributed by atoms with Crippen molar-refractivity contribution in [1.29, 1.82) is 0 Å². The molecule has 9 nitrogen and oxygen atoms in total. The van der Waals surface area contributed by atoms with Crippen molar-refractivity contribution in [3.8, 4) is 0 Å². The number of hydrogen-bond donors (Lipinski definition) is 2. The Labute approximate surface area is 145 Å². The molecular weight excluding hydrogens is 322 g/mol. The number of nitrogens with one attached hydrogen (secondary N) is 1. The molecule has 2 heterocycles. The fourth-order valence-corrected chi connectivity index (χ4v) is 2.73. The van der Waals surface area contributed by atoms with Gasteiger partial charge < -0.3 is 20.9 Å². The summed E-state index contributed by atoms with van der Waals surface area (Å²) in [6.07, 6.45) is 0. The van der Waals surface area contributed by atoms with E-state index in [1.807, 2.05) is 42.3 Å². The maximum absolute atomic E-state index is 11.4. The van der Waals surface area contributed by atoms with Gasteiger partial charge in [0.15, 0.2) is 0 Å². The molecule has 25 heavy (non-hydrogen) atoms. The van der Waals surface area contributed by atoms with Crippen LogP contribution in [0.4, 0.5) is 23.3 Å². The summed E-state index contributed by atoms with van der Waals surface area (Å²) in [6.45, 7) is 3.46. The lowest BCUT2D eigenvalue weighted by Gasteiger charge is -2.32. The van der Waals surface area contributed by atoms with E-state index < -0.39 is 4.92 Å². The Morgan fingerprint density at radius 2 is 1.88 bits per heavy atom. The molecule has 1 aliphatic heterocycles. The predicted molar refractivity (Wildman–Crippen MR) is 96.6 cm³/mol. The van der Waals surface area contributed by atoms with Gasteiger partial charge in [0, 0.05) is 32.7 Å². The molecule has 1 aromatic carbocycles. The lowest BCUT2D eigenvalue weighted by Crippen LogP contribution is -2.45. The summed E-state index contributed by atoms with van der Waals surface area (Å²) in [6, 6.07) is 9.77. The number of benzene rings is 1. The maximum atomic E-state index is 11.4. The Hall–Kier alpha value is -2.94. The Morgan fingerprint density at radius 3 is 2.52 bits per heavy atom. The Kier molecular flexibility index (Phi) is 4.94. The number of likely N-dealkylation sites (N-methyl/N-ethyl adjacent to an activating group) is 1. The van der Waals surface area contributed by atoms with E-state index in [2.05, 4.69) is 20.2 Å². The van der Waals surface area contributed by atoms with E-state index in [9.17, 15) is 10.1 Å². The van der Waals surface area contributed by atoms with Gasteiger partial charge in [0.05, 0.1) is 4.92 Å². The third-order valence-electron chi connectivity index (χ3n) is 4.17. The summed E-state index contributed by atoms with van der Waals surface area (Å²) >= 11 is 0. The van der Waals surface area contributed by atoms with Crippen molar-refractivity contribution in [1.82, 2.24) is 14.9 Å². The normalized spacial score (nSPS) is 15.2. The van der Waals surface area contributed by atoms with Gasteiger partial charge in [-0.2, -0.15) is 9.97 Å². The van der Waals surface area contributed by atoms with Crippen molar-refractivity contribution < 1.29 is 4.92 Å². The van der Waals surface area contributed by atoms with Crippen molar-refractivity contribution in [3.63, 3.8) is 0 Å². The van der Waals surface area contributed by atoms with E-state index in [1.165, 1.54) is 0 Å². The van der Waals surface area contributed by atoms with Crippen molar-refractivity contribution in [2.45, 2.75) is 6.54 Å². The predicted octanol–water partition coefficient (Wildman–Crippen LogP) is 1.33. The van der Waals surface area contributed by atoms with Crippen LogP contribution in [0.3, 0.4) is 0 Å². The van der Waals surface area contributed by atoms with Crippen molar-refractivity contribution >= 4 is 23.3 Å². The molecule has 0 atom stereocenters. The lowest BCUT2D eigenvalue weighted by molar-refractivity contribution is -0.383. The minimum absolute atomic E-state index is 0.121. The average Bonchev–Trinajstić information content (AvgIpc) is 2.60. The Balaban J connectivity index is 1.86. The Bertz CT molecular complexity index is 746. The van der Waals surface area contributed by atoms with Gasteiger partial charge in [-0.1, -0.05) is 30.3 Å². The SMILES string of the molecule is CN1CCN(c2nc(NCc3ccccc3)nc(N)c2[N+](=O)[O-])CC1. The fourth-order valence-electron chi connectivity index (χ4n) is 2.73. The van der Waals surface area contributed by atoms with Crippen molar-refractivity contribution in [2.75, 3.05) is 49.2 Å². The highest BCUT2D eigenvalue weighted by atomic mass is 16.6. The largest absolute Gasteiger partial charge is 0.378 e. The molecule has 0 unspecified atom stereocenters. The summed E-state index contributed by atoms with van der Waals surface area (Å²) in [4.78, 5) is 23.4. The number of nitrogens with zero attached hydrogens (tertiary/aromatic N) is 5. The summed E-state index contributed by atoms with van der Waals surface area (Å²) in [5, 5.41) is 14.5. The topological polar surface area (TPSA) is 113 Å². The van der Waals surface area contributed by atoms with Crippen LogP contribution in [-0.2, 0) is 6.54 Å². The average molecular weight is 343 g/mol. The summed E-state index contributed by atoms with van der Waals surface area (Å²) < 4.78 is 0. The van der Waals surface area contributed by atoms with Gasteiger partial charge in [0.25, 0.3) is 0 Å². The Morgan fingerprint density at radius 1 is 1.20 bits per heavy atom. The van der Waals surface area contributed by atoms with Gasteiger partial charge in [-0.15, -0.1) is 0 Å². The molecule has 9 heteroatoms. The molecule has 2 aromatic rings. The lowest BCUT2D eigenvalue weighted by atomic mass is 10.2. The van der Waals surface area contributed by atoms with Crippen molar-refractivity contribution in [2.24, 2.45) is 0 Å². The minimum atomic E-state index is -0.510. The third kappa shape index (κ3) is 3.94. The van der Waals surface area contributed by atoms with Crippen LogP contribution in [0.15, 0.2) is 30.3 Å². The van der Waals surface area contributed by atoms with Crippen LogP contribution in [0.1, 0.15) is 5.56 Å². The van der Waals surface area contributed by atoms with Gasteiger partial charge in [-0.05, 0) is 12.6 Å². The van der Waals surface area contributed by atoms with Gasteiger partial charge in [-0.3, -0.25) is 10.1 Å². The first-order chi connectivity index (χ1) is 12.0. The molecule has 3 rings (SSSR count). The van der Waals surface area contributed by atoms with Gasteiger partial charge in [0.1, 0.15) is 0 Å². The summed E-state index contributed by atoms with van der Waals surface area (Å²) in [5.41, 5.74) is 6.69. The zero-order valence-electron chi connectivity index (χ0n) is 14.1. The highest BCUT2D eigenvalue weighted by molar-refractivity contribution is 5.71. The smallest absolute Gasteiger partial charge is 0.353 e. The van der Waals surface area contributed by atoms with Crippen LogP contribution < -0.4 is 16.0 Å². The molecule has 3 N–H and O–H groups in total. The van der Waals surface area contributed by atoms with Crippen LogP contribution >= 0.6 is 0 Å². The molecule has 0 radical (unpaired) electrons. The number of rotatable bonds is 5. The van der Waals surface area contributed by atoms with Crippen LogP contribution in [-0.4, -0.2) is 53.0 Å². The van der Waals surface area contributed by atoms with Crippen LogP contribution in [0.5, 0.6) is 0 Å². The van der Waals surface area contributed by atoms with E-state index in [0.717, 1.165) is 18.7 Å². The van der Waals surface area contributed by atoms with Crippen LogP contribution in [0.2, 0.25) is 0 Å². The molecule has 1 aromatic heterocycles. The molecule has 0 bridgehead atoms. The number of nitro groups is 1. The second kappa shape index (κ2) is 7.31. The second-order valence-corrected chi connectivity index (χ2v) is 5.99. The van der Waals surface area contributed by atoms with E-state index >= 15 is 0 Å². The summed E-state index contributed by atoms with van der Waals surface area (Å²) in [7, 11) is 2.02. The van der Waals surface area contributed by atoms with Gasteiger partial charge in [0.2, 0.25) is 17.6 Å². The highest BCUT2D eigenvalue weighted by Gasteiger charge is 2.28. The van der Waals surface area contributed by atoms with Gasteiger partial charge in [-0.25, -0.2) is 0 Å².